The molecule has 0 radical (unpaired) electrons. The van der Waals surface area contributed by atoms with Crippen LogP contribution in [-0.2, 0) is 16.0 Å². The molecule has 2 amide bonds. The van der Waals surface area contributed by atoms with Crippen LogP contribution in [0.1, 0.15) is 18.4 Å². The first-order chi connectivity index (χ1) is 13.0. The molecule has 4 rings (SSSR count). The molecule has 2 aliphatic rings. The third-order valence-electron chi connectivity index (χ3n) is 5.01. The van der Waals surface area contributed by atoms with Gasteiger partial charge in [0.05, 0.1) is 16.7 Å². The Morgan fingerprint density at radius 3 is 2.70 bits per heavy atom. The summed E-state index contributed by atoms with van der Waals surface area (Å²) >= 11 is 1.01. The number of nitrogens with one attached hydrogen (secondary N) is 1. The highest BCUT2D eigenvalue weighted by molar-refractivity contribution is 8.15. The monoisotopic (exact) mass is 386 g/mol. The van der Waals surface area contributed by atoms with E-state index in [0.29, 0.717) is 32.4 Å². The molecule has 0 saturated carbocycles. The van der Waals surface area contributed by atoms with Gasteiger partial charge in [0.15, 0.2) is 0 Å². The second kappa shape index (κ2) is 7.15. The first-order valence-electron chi connectivity index (χ1n) is 8.74. The Hall–Kier alpha value is -2.68. The molecule has 1 aromatic heterocycles. The fraction of sp³-hybridized carbons (Fsp3) is 0.389. The van der Waals surface area contributed by atoms with Crippen molar-refractivity contribution in [2.24, 2.45) is 5.92 Å². The number of nitrogens with zero attached hydrogens (tertiary/aromatic N) is 3. The quantitative estimate of drug-likeness (QED) is 0.818. The molecule has 8 nitrogen and oxygen atoms in total. The van der Waals surface area contributed by atoms with Crippen molar-refractivity contribution >= 4 is 45.6 Å². The summed E-state index contributed by atoms with van der Waals surface area (Å²) in [5.74, 6) is -0.526. The van der Waals surface area contributed by atoms with Crippen molar-refractivity contribution in [2.45, 2.75) is 24.5 Å². The molecule has 2 aliphatic heterocycles. The summed E-state index contributed by atoms with van der Waals surface area (Å²) < 4.78 is 0. The Bertz CT molecular complexity index is 927. The highest BCUT2D eigenvalue weighted by Gasteiger charge is 2.31. The molecular weight excluding hydrogens is 368 g/mol. The second-order valence-corrected chi connectivity index (χ2v) is 7.91. The van der Waals surface area contributed by atoms with Crippen molar-refractivity contribution in [3.63, 3.8) is 0 Å². The van der Waals surface area contributed by atoms with Gasteiger partial charge in [0.2, 0.25) is 5.91 Å². The van der Waals surface area contributed by atoms with Gasteiger partial charge in [-0.25, -0.2) is 9.97 Å². The minimum absolute atomic E-state index is 0.259. The van der Waals surface area contributed by atoms with E-state index in [4.69, 9.17) is 0 Å². The SMILES string of the molecule is O=C1NC(=O)C(Cc2ccc3ncnc(N4CCC(C(=O)O)CC4)c3c2)S1. The van der Waals surface area contributed by atoms with E-state index in [1.54, 1.807) is 0 Å². The van der Waals surface area contributed by atoms with Gasteiger partial charge in [-0.1, -0.05) is 17.8 Å². The zero-order valence-corrected chi connectivity index (χ0v) is 15.2. The minimum Gasteiger partial charge on any atom is -0.481 e. The maximum Gasteiger partial charge on any atom is 0.306 e. The largest absolute Gasteiger partial charge is 0.481 e. The van der Waals surface area contributed by atoms with Crippen molar-refractivity contribution in [3.05, 3.63) is 30.1 Å². The molecule has 2 saturated heterocycles. The van der Waals surface area contributed by atoms with Crippen molar-refractivity contribution in [3.8, 4) is 0 Å². The number of aromatic nitrogens is 2. The topological polar surface area (TPSA) is 112 Å². The fourth-order valence-electron chi connectivity index (χ4n) is 3.55. The highest BCUT2D eigenvalue weighted by Crippen LogP contribution is 2.30. The van der Waals surface area contributed by atoms with Crippen LogP contribution in [0.15, 0.2) is 24.5 Å². The van der Waals surface area contributed by atoms with Crippen LogP contribution in [0.25, 0.3) is 10.9 Å². The summed E-state index contributed by atoms with van der Waals surface area (Å²) in [6.07, 6.45) is 3.14. The van der Waals surface area contributed by atoms with E-state index >= 15 is 0 Å². The number of fused-ring (bicyclic) bond motifs is 1. The Balaban J connectivity index is 1.59. The van der Waals surface area contributed by atoms with E-state index in [-0.39, 0.29) is 17.1 Å². The lowest BCUT2D eigenvalue weighted by molar-refractivity contribution is -0.142. The van der Waals surface area contributed by atoms with E-state index in [2.05, 4.69) is 20.2 Å². The third-order valence-corrected chi connectivity index (χ3v) is 5.99. The highest BCUT2D eigenvalue weighted by atomic mass is 32.2. The number of hydrogen-bond acceptors (Lipinski definition) is 7. The number of rotatable bonds is 4. The molecule has 3 heterocycles. The molecule has 1 aromatic carbocycles. The van der Waals surface area contributed by atoms with Crippen LogP contribution >= 0.6 is 11.8 Å². The Morgan fingerprint density at radius 1 is 1.26 bits per heavy atom. The summed E-state index contributed by atoms with van der Waals surface area (Å²) in [6.45, 7) is 1.26. The van der Waals surface area contributed by atoms with Crippen LogP contribution in [0.2, 0.25) is 0 Å². The van der Waals surface area contributed by atoms with Crippen LogP contribution in [0.3, 0.4) is 0 Å². The fourth-order valence-corrected chi connectivity index (χ4v) is 4.41. The molecule has 1 unspecified atom stereocenters. The van der Waals surface area contributed by atoms with E-state index < -0.39 is 11.2 Å². The number of carboxylic acid groups (broad SMARTS) is 1. The molecule has 2 N–H and O–H groups in total. The Kier molecular flexibility index (Phi) is 4.69. The normalized spacial score (nSPS) is 20.9. The summed E-state index contributed by atoms with van der Waals surface area (Å²) in [7, 11) is 0. The number of carbonyl (C=O) groups is 3. The lowest BCUT2D eigenvalue weighted by atomic mass is 9.97. The van der Waals surface area contributed by atoms with Crippen LogP contribution < -0.4 is 10.2 Å². The van der Waals surface area contributed by atoms with Crippen molar-refractivity contribution in [1.82, 2.24) is 15.3 Å². The molecular formula is C18H18N4O4S. The zero-order chi connectivity index (χ0) is 19.0. The van der Waals surface area contributed by atoms with Crippen LogP contribution in [0.5, 0.6) is 0 Å². The Morgan fingerprint density at radius 2 is 2.04 bits per heavy atom. The van der Waals surface area contributed by atoms with Crippen LogP contribution in [0, 0.1) is 5.92 Å². The maximum atomic E-state index is 11.8. The van der Waals surface area contributed by atoms with Crippen LogP contribution in [-0.4, -0.2) is 50.5 Å². The predicted octanol–water partition coefficient (Wildman–Crippen LogP) is 1.82. The number of thioether (sulfide) groups is 1. The Labute approximate surface area is 159 Å². The summed E-state index contributed by atoms with van der Waals surface area (Å²) in [5.41, 5.74) is 1.73. The van der Waals surface area contributed by atoms with Gasteiger partial charge in [-0.3, -0.25) is 19.7 Å². The van der Waals surface area contributed by atoms with Gasteiger partial charge in [-0.2, -0.15) is 0 Å². The standard InChI is InChI=1S/C18H18N4O4S/c23-16-14(27-18(26)21-16)8-10-1-2-13-12(7-10)15(20-9-19-13)22-5-3-11(4-6-22)17(24)25/h1-2,7,9,11,14H,3-6,8H2,(H,24,25)(H,21,23,26). The number of aliphatic carboxylic acids is 1. The number of anilines is 1. The number of imide groups is 1. The maximum absolute atomic E-state index is 11.8. The molecule has 140 valence electrons. The van der Waals surface area contributed by atoms with Gasteiger partial charge < -0.3 is 10.0 Å². The van der Waals surface area contributed by atoms with Crippen molar-refractivity contribution < 1.29 is 19.5 Å². The van der Waals surface area contributed by atoms with E-state index in [1.165, 1.54) is 6.33 Å². The van der Waals surface area contributed by atoms with Gasteiger partial charge in [0.25, 0.3) is 5.24 Å². The first-order valence-corrected chi connectivity index (χ1v) is 9.62. The first kappa shape index (κ1) is 17.7. The van der Waals surface area contributed by atoms with Crippen molar-refractivity contribution in [1.29, 1.82) is 0 Å². The summed E-state index contributed by atoms with van der Waals surface area (Å²) in [6, 6.07) is 5.76. The number of piperidine rings is 1. The molecule has 2 fully saturated rings. The molecule has 27 heavy (non-hydrogen) atoms. The number of hydrogen-bond donors (Lipinski definition) is 2. The predicted molar refractivity (Wildman–Crippen MR) is 101 cm³/mol. The smallest absolute Gasteiger partial charge is 0.306 e. The van der Waals surface area contributed by atoms with E-state index in [0.717, 1.165) is 34.0 Å². The van der Waals surface area contributed by atoms with Gasteiger partial charge in [-0.05, 0) is 37.0 Å². The summed E-state index contributed by atoms with van der Waals surface area (Å²) in [5, 5.41) is 11.6. The van der Waals surface area contributed by atoms with Gasteiger partial charge >= 0.3 is 5.97 Å². The van der Waals surface area contributed by atoms with Gasteiger partial charge in [0.1, 0.15) is 12.1 Å². The number of benzene rings is 1. The third kappa shape index (κ3) is 3.59. The molecule has 1 atom stereocenters. The minimum atomic E-state index is -0.744. The molecule has 0 spiro atoms. The molecule has 2 aromatic rings. The van der Waals surface area contributed by atoms with Crippen molar-refractivity contribution in [2.75, 3.05) is 18.0 Å². The molecule has 9 heteroatoms. The zero-order valence-electron chi connectivity index (χ0n) is 14.4. The summed E-state index contributed by atoms with van der Waals surface area (Å²) in [4.78, 5) is 45.2. The average molecular weight is 386 g/mol. The number of carbonyl (C=O) groups excluding carboxylic acids is 2. The van der Waals surface area contributed by atoms with E-state index in [9.17, 15) is 19.5 Å². The average Bonchev–Trinajstić information content (AvgIpc) is 2.98. The van der Waals surface area contributed by atoms with Crippen LogP contribution in [0.4, 0.5) is 10.6 Å². The lowest BCUT2D eigenvalue weighted by Gasteiger charge is -2.31. The van der Waals surface area contributed by atoms with Gasteiger partial charge in [-0.15, -0.1) is 0 Å². The molecule has 0 aliphatic carbocycles. The number of carboxylic acids is 1. The van der Waals surface area contributed by atoms with Gasteiger partial charge in [0, 0.05) is 18.5 Å². The lowest BCUT2D eigenvalue weighted by Crippen LogP contribution is -2.36. The molecule has 0 bridgehead atoms. The number of amides is 2. The second-order valence-electron chi connectivity index (χ2n) is 6.74. The van der Waals surface area contributed by atoms with E-state index in [1.807, 2.05) is 18.2 Å².